The molecule has 1 fully saturated rings. The summed E-state index contributed by atoms with van der Waals surface area (Å²) < 4.78 is 5.76. The number of likely N-dealkylation sites (tertiary alicyclic amines) is 1. The van der Waals surface area contributed by atoms with Crippen LogP contribution in [0.25, 0.3) is 0 Å². The molecule has 1 aliphatic heterocycles. The van der Waals surface area contributed by atoms with Crippen molar-refractivity contribution < 1.29 is 14.6 Å². The van der Waals surface area contributed by atoms with Gasteiger partial charge in [0.05, 0.1) is 0 Å². The first-order valence-electron chi connectivity index (χ1n) is 7.15. The molecule has 0 aliphatic carbocycles. The molecule has 1 aromatic rings. The Morgan fingerprint density at radius 3 is 2.60 bits per heavy atom. The Hall–Kier alpha value is -1.55. The number of hydrogen-bond acceptors (Lipinski definition) is 3. The van der Waals surface area contributed by atoms with Crippen molar-refractivity contribution in [2.75, 3.05) is 19.7 Å². The van der Waals surface area contributed by atoms with Crippen LogP contribution >= 0.6 is 0 Å². The number of carbonyl (C=O) groups is 1. The first-order chi connectivity index (χ1) is 9.47. The van der Waals surface area contributed by atoms with Crippen molar-refractivity contribution in [3.63, 3.8) is 0 Å². The average molecular weight is 277 g/mol. The quantitative estimate of drug-likeness (QED) is 0.898. The molecule has 110 valence electrons. The molecule has 1 N–H and O–H groups in total. The lowest BCUT2D eigenvalue weighted by Crippen LogP contribution is -2.41. The van der Waals surface area contributed by atoms with Crippen LogP contribution in [0.5, 0.6) is 5.75 Å². The van der Waals surface area contributed by atoms with E-state index in [2.05, 4.69) is 6.07 Å². The number of aryl methyl sites for hydroxylation is 2. The summed E-state index contributed by atoms with van der Waals surface area (Å²) in [6.45, 7) is 8.12. The molecular formula is C16H23NO3. The van der Waals surface area contributed by atoms with Crippen LogP contribution in [0, 0.1) is 19.8 Å². The van der Waals surface area contributed by atoms with Gasteiger partial charge < -0.3 is 9.84 Å². The normalized spacial score (nSPS) is 22.9. The molecule has 1 aliphatic rings. The molecule has 4 heteroatoms. The molecule has 4 nitrogen and oxygen atoms in total. The Morgan fingerprint density at radius 2 is 2.00 bits per heavy atom. The van der Waals surface area contributed by atoms with Gasteiger partial charge in [0.1, 0.15) is 18.4 Å². The second kappa shape index (κ2) is 6.27. The van der Waals surface area contributed by atoms with Crippen LogP contribution in [0.4, 0.5) is 0 Å². The van der Waals surface area contributed by atoms with Crippen molar-refractivity contribution in [3.05, 3.63) is 29.3 Å². The van der Waals surface area contributed by atoms with Gasteiger partial charge in [-0.2, -0.15) is 0 Å². The van der Waals surface area contributed by atoms with E-state index in [4.69, 9.17) is 4.74 Å². The molecule has 0 radical (unpaired) electrons. The Kier molecular flexibility index (Phi) is 4.65. The summed E-state index contributed by atoms with van der Waals surface area (Å²) in [7, 11) is 0. The maximum atomic E-state index is 11.3. The van der Waals surface area contributed by atoms with E-state index >= 15 is 0 Å². The van der Waals surface area contributed by atoms with Gasteiger partial charge in [-0.15, -0.1) is 0 Å². The average Bonchev–Trinajstić information content (AvgIpc) is 2.69. The monoisotopic (exact) mass is 277 g/mol. The van der Waals surface area contributed by atoms with Gasteiger partial charge in [0, 0.05) is 6.54 Å². The van der Waals surface area contributed by atoms with Gasteiger partial charge in [0.2, 0.25) is 0 Å². The lowest BCUT2D eigenvalue weighted by molar-refractivity contribution is -0.143. The second-order valence-electron chi connectivity index (χ2n) is 5.76. The van der Waals surface area contributed by atoms with E-state index < -0.39 is 5.97 Å². The number of rotatable bonds is 5. The summed E-state index contributed by atoms with van der Waals surface area (Å²) in [4.78, 5) is 13.3. The third kappa shape index (κ3) is 3.51. The van der Waals surface area contributed by atoms with Gasteiger partial charge in [0.15, 0.2) is 0 Å². The second-order valence-corrected chi connectivity index (χ2v) is 5.76. The highest BCUT2D eigenvalue weighted by Gasteiger charge is 2.36. The molecule has 0 saturated carbocycles. The Bertz CT molecular complexity index is 466. The molecule has 1 saturated heterocycles. The maximum absolute atomic E-state index is 11.3. The minimum absolute atomic E-state index is 0.216. The highest BCUT2D eigenvalue weighted by molar-refractivity contribution is 5.74. The van der Waals surface area contributed by atoms with Crippen molar-refractivity contribution in [1.29, 1.82) is 0 Å². The van der Waals surface area contributed by atoms with Crippen molar-refractivity contribution >= 4 is 5.97 Å². The number of nitrogens with zero attached hydrogens (tertiary/aromatic N) is 1. The molecule has 0 bridgehead atoms. The van der Waals surface area contributed by atoms with E-state index in [0.717, 1.165) is 18.7 Å². The number of carboxylic acid groups (broad SMARTS) is 1. The van der Waals surface area contributed by atoms with E-state index in [0.29, 0.717) is 13.2 Å². The van der Waals surface area contributed by atoms with Crippen LogP contribution in [-0.2, 0) is 4.79 Å². The minimum atomic E-state index is -0.721. The van der Waals surface area contributed by atoms with Crippen molar-refractivity contribution in [2.45, 2.75) is 33.2 Å². The predicted molar refractivity (Wildman–Crippen MR) is 78.2 cm³/mol. The molecule has 2 unspecified atom stereocenters. The van der Waals surface area contributed by atoms with Gasteiger partial charge in [-0.1, -0.05) is 13.0 Å². The highest BCUT2D eigenvalue weighted by atomic mass is 16.5. The fourth-order valence-corrected chi connectivity index (χ4v) is 2.97. The molecule has 0 amide bonds. The third-order valence-corrected chi connectivity index (χ3v) is 3.90. The topological polar surface area (TPSA) is 49.8 Å². The Balaban J connectivity index is 1.88. The molecular weight excluding hydrogens is 254 g/mol. The predicted octanol–water partition coefficient (Wildman–Crippen LogP) is 2.48. The first kappa shape index (κ1) is 14.9. The lowest BCUT2D eigenvalue weighted by Gasteiger charge is -2.23. The number of aliphatic carboxylic acids is 1. The van der Waals surface area contributed by atoms with E-state index in [1.54, 1.807) is 0 Å². The van der Waals surface area contributed by atoms with E-state index in [-0.39, 0.29) is 12.0 Å². The summed E-state index contributed by atoms with van der Waals surface area (Å²) in [5, 5.41) is 9.26. The highest BCUT2D eigenvalue weighted by Crippen LogP contribution is 2.24. The van der Waals surface area contributed by atoms with E-state index in [1.165, 1.54) is 11.1 Å². The molecule has 1 heterocycles. The van der Waals surface area contributed by atoms with Gasteiger partial charge >= 0.3 is 5.97 Å². The largest absolute Gasteiger partial charge is 0.492 e. The standard InChI is InChI=1S/C16H23NO3/c1-11-8-12(2)10-14(9-11)20-7-6-17-5-4-13(3)15(17)16(18)19/h8-10,13,15H,4-7H2,1-3H3,(H,18,19). The van der Waals surface area contributed by atoms with Crippen LogP contribution < -0.4 is 4.74 Å². The molecule has 20 heavy (non-hydrogen) atoms. The van der Waals surface area contributed by atoms with Crippen LogP contribution in [0.15, 0.2) is 18.2 Å². The maximum Gasteiger partial charge on any atom is 0.321 e. The van der Waals surface area contributed by atoms with Crippen LogP contribution in [0.2, 0.25) is 0 Å². The zero-order valence-electron chi connectivity index (χ0n) is 12.4. The molecule has 2 atom stereocenters. The van der Waals surface area contributed by atoms with Gasteiger partial charge in [0.25, 0.3) is 0 Å². The summed E-state index contributed by atoms with van der Waals surface area (Å²) in [6, 6.07) is 5.76. The Labute approximate surface area is 120 Å². The van der Waals surface area contributed by atoms with Crippen LogP contribution in [0.3, 0.4) is 0 Å². The summed E-state index contributed by atoms with van der Waals surface area (Å²) >= 11 is 0. The van der Waals surface area contributed by atoms with E-state index in [1.807, 2.05) is 37.8 Å². The number of ether oxygens (including phenoxy) is 1. The van der Waals surface area contributed by atoms with Crippen LogP contribution in [0.1, 0.15) is 24.5 Å². The van der Waals surface area contributed by atoms with E-state index in [9.17, 15) is 9.90 Å². The minimum Gasteiger partial charge on any atom is -0.492 e. The summed E-state index contributed by atoms with van der Waals surface area (Å²) in [5.41, 5.74) is 2.36. The van der Waals surface area contributed by atoms with Crippen molar-refractivity contribution in [3.8, 4) is 5.75 Å². The fourth-order valence-electron chi connectivity index (χ4n) is 2.97. The number of benzene rings is 1. The lowest BCUT2D eigenvalue weighted by atomic mass is 10.0. The fraction of sp³-hybridized carbons (Fsp3) is 0.562. The van der Waals surface area contributed by atoms with Crippen LogP contribution in [-0.4, -0.2) is 41.7 Å². The van der Waals surface area contributed by atoms with Gasteiger partial charge in [-0.05, 0) is 56.0 Å². The zero-order chi connectivity index (χ0) is 14.7. The SMILES string of the molecule is Cc1cc(C)cc(OCCN2CCC(C)C2C(=O)O)c1. The third-order valence-electron chi connectivity index (χ3n) is 3.90. The number of hydrogen-bond donors (Lipinski definition) is 1. The Morgan fingerprint density at radius 1 is 1.35 bits per heavy atom. The molecule has 0 spiro atoms. The molecule has 2 rings (SSSR count). The smallest absolute Gasteiger partial charge is 0.321 e. The molecule has 1 aromatic carbocycles. The van der Waals surface area contributed by atoms with Gasteiger partial charge in [-0.3, -0.25) is 9.69 Å². The summed E-state index contributed by atoms with van der Waals surface area (Å²) in [5.74, 6) is 0.358. The number of carboxylic acids is 1. The van der Waals surface area contributed by atoms with Crippen molar-refractivity contribution in [1.82, 2.24) is 4.90 Å². The zero-order valence-corrected chi connectivity index (χ0v) is 12.4. The summed E-state index contributed by atoms with van der Waals surface area (Å²) in [6.07, 6.45) is 0.945. The first-order valence-corrected chi connectivity index (χ1v) is 7.15. The van der Waals surface area contributed by atoms with Crippen molar-refractivity contribution in [2.24, 2.45) is 5.92 Å². The molecule has 0 aromatic heterocycles. The van der Waals surface area contributed by atoms with Gasteiger partial charge in [-0.25, -0.2) is 0 Å².